The Morgan fingerprint density at radius 1 is 1.16 bits per heavy atom. The first-order valence-corrected chi connectivity index (χ1v) is 10.3. The second-order valence-electron chi connectivity index (χ2n) is 8.11. The van der Waals surface area contributed by atoms with E-state index in [1.54, 1.807) is 12.1 Å². The molecule has 1 saturated carbocycles. The number of nitrogens with zero attached hydrogens (tertiary/aromatic N) is 1. The number of carbonyl (C=O) groups is 1. The monoisotopic (exact) mass is 433 g/mol. The van der Waals surface area contributed by atoms with E-state index in [0.29, 0.717) is 12.0 Å². The van der Waals surface area contributed by atoms with Gasteiger partial charge in [-0.15, -0.1) is 0 Å². The van der Waals surface area contributed by atoms with Crippen LogP contribution in [0.4, 0.5) is 17.6 Å². The molecule has 0 unspecified atom stereocenters. The van der Waals surface area contributed by atoms with Gasteiger partial charge in [-0.05, 0) is 72.4 Å². The lowest BCUT2D eigenvalue weighted by Crippen LogP contribution is -2.14. The lowest BCUT2D eigenvalue weighted by molar-refractivity contribution is -0.137. The van der Waals surface area contributed by atoms with Crippen LogP contribution in [0.1, 0.15) is 78.4 Å². The van der Waals surface area contributed by atoms with Gasteiger partial charge in [0, 0.05) is 0 Å². The Labute approximate surface area is 178 Å². The summed E-state index contributed by atoms with van der Waals surface area (Å²) >= 11 is 0. The van der Waals surface area contributed by atoms with Gasteiger partial charge in [-0.25, -0.2) is 9.18 Å². The lowest BCUT2D eigenvalue weighted by Gasteiger charge is -2.29. The second-order valence-corrected chi connectivity index (χ2v) is 8.11. The summed E-state index contributed by atoms with van der Waals surface area (Å²) in [4.78, 5) is 11.7. The molecule has 1 N–H and O–H groups in total. The predicted octanol–water partition coefficient (Wildman–Crippen LogP) is 7.16. The molecule has 3 nitrogen and oxygen atoms in total. The van der Waals surface area contributed by atoms with Crippen LogP contribution in [-0.2, 0) is 6.18 Å². The van der Waals surface area contributed by atoms with Crippen LogP contribution in [0.2, 0.25) is 0 Å². The molecule has 2 aromatic rings. The number of alkyl halides is 3. The molecule has 2 aromatic carbocycles. The molecule has 0 heterocycles. The number of rotatable bonds is 5. The molecule has 1 fully saturated rings. The van der Waals surface area contributed by atoms with Gasteiger partial charge in [-0.1, -0.05) is 31.9 Å². The quantitative estimate of drug-likeness (QED) is 0.509. The Kier molecular flexibility index (Phi) is 6.68. The predicted molar refractivity (Wildman–Crippen MR) is 108 cm³/mol. The average molecular weight is 433 g/mol. The van der Waals surface area contributed by atoms with Crippen molar-refractivity contribution < 1.29 is 27.5 Å². The minimum Gasteiger partial charge on any atom is -0.478 e. The number of nitriles is 1. The van der Waals surface area contributed by atoms with E-state index < -0.39 is 29.1 Å². The van der Waals surface area contributed by atoms with Gasteiger partial charge in [0.15, 0.2) is 0 Å². The highest BCUT2D eigenvalue weighted by Crippen LogP contribution is 2.41. The highest BCUT2D eigenvalue weighted by molar-refractivity contribution is 5.96. The van der Waals surface area contributed by atoms with E-state index in [2.05, 4.69) is 6.92 Å². The minimum absolute atomic E-state index is 0.0228. The summed E-state index contributed by atoms with van der Waals surface area (Å²) in [5, 5.41) is 18.5. The van der Waals surface area contributed by atoms with Crippen molar-refractivity contribution in [1.29, 1.82) is 5.26 Å². The van der Waals surface area contributed by atoms with Gasteiger partial charge in [-0.2, -0.15) is 18.4 Å². The van der Waals surface area contributed by atoms with Gasteiger partial charge < -0.3 is 5.11 Å². The zero-order chi connectivity index (χ0) is 22.8. The summed E-state index contributed by atoms with van der Waals surface area (Å²) in [6, 6.07) is 7.34. The number of carboxylic acid groups (broad SMARTS) is 1. The molecule has 0 atom stereocenters. The molecule has 164 valence electrons. The van der Waals surface area contributed by atoms with Crippen molar-refractivity contribution in [3.05, 3.63) is 58.4 Å². The van der Waals surface area contributed by atoms with Gasteiger partial charge in [0.1, 0.15) is 11.9 Å². The molecule has 0 radical (unpaired) electrons. The maximum atomic E-state index is 14.4. The van der Waals surface area contributed by atoms with Crippen LogP contribution in [0.25, 0.3) is 11.1 Å². The SMILES string of the molecule is CCCC1CCC(c2ccc(C(=O)O)c(-c3cc(F)c(C#N)c(C(F)(F)F)c3)c2)CC1. The fourth-order valence-electron chi connectivity index (χ4n) is 4.53. The minimum atomic E-state index is -4.94. The van der Waals surface area contributed by atoms with Crippen LogP contribution in [0.3, 0.4) is 0 Å². The zero-order valence-electron chi connectivity index (χ0n) is 17.1. The Balaban J connectivity index is 2.07. The molecular weight excluding hydrogens is 410 g/mol. The number of hydrogen-bond donors (Lipinski definition) is 1. The van der Waals surface area contributed by atoms with Crippen molar-refractivity contribution in [3.63, 3.8) is 0 Å². The highest BCUT2D eigenvalue weighted by Gasteiger charge is 2.36. The first-order chi connectivity index (χ1) is 14.7. The van der Waals surface area contributed by atoms with Crippen LogP contribution in [0, 0.1) is 23.1 Å². The zero-order valence-corrected chi connectivity index (χ0v) is 17.1. The summed E-state index contributed by atoms with van der Waals surface area (Å²) in [5.74, 6) is -1.79. The molecule has 1 aliphatic carbocycles. The van der Waals surface area contributed by atoms with E-state index in [-0.39, 0.29) is 22.6 Å². The van der Waals surface area contributed by atoms with Crippen LogP contribution >= 0.6 is 0 Å². The van der Waals surface area contributed by atoms with E-state index in [4.69, 9.17) is 5.26 Å². The molecule has 1 aliphatic rings. The van der Waals surface area contributed by atoms with Gasteiger partial charge >= 0.3 is 12.1 Å². The molecule has 0 saturated heterocycles. The van der Waals surface area contributed by atoms with Crippen LogP contribution in [0.5, 0.6) is 0 Å². The van der Waals surface area contributed by atoms with Gasteiger partial charge in [0.2, 0.25) is 0 Å². The second kappa shape index (κ2) is 9.09. The van der Waals surface area contributed by atoms with Crippen molar-refractivity contribution >= 4 is 5.97 Å². The Hall–Kier alpha value is -2.88. The van der Waals surface area contributed by atoms with Gasteiger partial charge in [-0.3, -0.25) is 0 Å². The smallest absolute Gasteiger partial charge is 0.417 e. The van der Waals surface area contributed by atoms with Gasteiger partial charge in [0.25, 0.3) is 0 Å². The van der Waals surface area contributed by atoms with E-state index >= 15 is 0 Å². The maximum absolute atomic E-state index is 14.4. The number of hydrogen-bond acceptors (Lipinski definition) is 2. The molecule has 0 aliphatic heterocycles. The summed E-state index contributed by atoms with van der Waals surface area (Å²) in [5.41, 5.74) is -2.06. The average Bonchev–Trinajstić information content (AvgIpc) is 2.72. The normalized spacial score (nSPS) is 19.1. The molecule has 3 rings (SSSR count). The van der Waals surface area contributed by atoms with Gasteiger partial charge in [0.05, 0.1) is 16.7 Å². The molecule has 0 aromatic heterocycles. The summed E-state index contributed by atoms with van der Waals surface area (Å²) < 4.78 is 54.6. The summed E-state index contributed by atoms with van der Waals surface area (Å²) in [6.07, 6.45) is 1.30. The van der Waals surface area contributed by atoms with Crippen molar-refractivity contribution in [2.75, 3.05) is 0 Å². The molecule has 31 heavy (non-hydrogen) atoms. The Bertz CT molecular complexity index is 1020. The van der Waals surface area contributed by atoms with Crippen molar-refractivity contribution in [3.8, 4) is 17.2 Å². The number of aromatic carboxylic acids is 1. The van der Waals surface area contributed by atoms with Crippen LogP contribution < -0.4 is 0 Å². The number of carboxylic acids is 1. The number of benzene rings is 2. The van der Waals surface area contributed by atoms with Crippen molar-refractivity contribution in [1.82, 2.24) is 0 Å². The lowest BCUT2D eigenvalue weighted by atomic mass is 9.76. The van der Waals surface area contributed by atoms with E-state index in [1.807, 2.05) is 0 Å². The first kappa shape index (κ1) is 22.8. The summed E-state index contributed by atoms with van der Waals surface area (Å²) in [6.45, 7) is 2.15. The largest absolute Gasteiger partial charge is 0.478 e. The van der Waals surface area contributed by atoms with Crippen molar-refractivity contribution in [2.45, 2.75) is 57.5 Å². The van der Waals surface area contributed by atoms with E-state index in [9.17, 15) is 27.5 Å². The fraction of sp³-hybridized carbons (Fsp3) is 0.417. The third kappa shape index (κ3) is 4.90. The Morgan fingerprint density at radius 2 is 1.84 bits per heavy atom. The molecule has 7 heteroatoms. The Morgan fingerprint density at radius 3 is 2.39 bits per heavy atom. The van der Waals surface area contributed by atoms with Crippen LogP contribution in [-0.4, -0.2) is 11.1 Å². The van der Waals surface area contributed by atoms with E-state index in [1.165, 1.54) is 18.6 Å². The number of halogens is 4. The topological polar surface area (TPSA) is 61.1 Å². The highest BCUT2D eigenvalue weighted by atomic mass is 19.4. The maximum Gasteiger partial charge on any atom is 0.417 e. The fourth-order valence-corrected chi connectivity index (χ4v) is 4.53. The standard InChI is InChI=1S/C24H23F4NO2/c1-2-3-14-4-6-15(7-5-14)16-8-9-18(23(30)31)19(10-16)17-11-21(24(26,27)28)20(13-29)22(25)12-17/h8-12,14-15H,2-7H2,1H3,(H,30,31). The molecule has 0 bridgehead atoms. The molecular formula is C24H23F4NO2. The summed E-state index contributed by atoms with van der Waals surface area (Å²) in [7, 11) is 0. The van der Waals surface area contributed by atoms with E-state index in [0.717, 1.165) is 43.7 Å². The molecule has 0 spiro atoms. The third-order valence-corrected chi connectivity index (χ3v) is 6.11. The molecule has 0 amide bonds. The third-order valence-electron chi connectivity index (χ3n) is 6.11. The van der Waals surface area contributed by atoms with Crippen LogP contribution in [0.15, 0.2) is 30.3 Å². The van der Waals surface area contributed by atoms with Crippen molar-refractivity contribution in [2.24, 2.45) is 5.92 Å². The first-order valence-electron chi connectivity index (χ1n) is 10.3.